The number of rotatable bonds is 3. The minimum Gasteiger partial charge on any atom is -0.393 e. The molecule has 2 bridgehead atoms. The average Bonchev–Trinajstić information content (AvgIpc) is 2.94. The van der Waals surface area contributed by atoms with E-state index in [0.29, 0.717) is 5.92 Å². The summed E-state index contributed by atoms with van der Waals surface area (Å²) < 4.78 is 0. The van der Waals surface area contributed by atoms with Crippen LogP contribution in [0.1, 0.15) is 64.7 Å². The van der Waals surface area contributed by atoms with Crippen LogP contribution in [-0.4, -0.2) is 11.2 Å². The first-order valence-corrected chi connectivity index (χ1v) is 7.94. The summed E-state index contributed by atoms with van der Waals surface area (Å²) in [7, 11) is 0. The van der Waals surface area contributed by atoms with E-state index in [4.69, 9.17) is 0 Å². The van der Waals surface area contributed by atoms with E-state index < -0.39 is 0 Å². The van der Waals surface area contributed by atoms with Gasteiger partial charge in [0.25, 0.3) is 0 Å². The second-order valence-electron chi connectivity index (χ2n) is 7.09. The highest BCUT2D eigenvalue weighted by molar-refractivity contribution is 4.92. The smallest absolute Gasteiger partial charge is 0.0568 e. The molecule has 0 aromatic rings. The summed E-state index contributed by atoms with van der Waals surface area (Å²) >= 11 is 0. The number of fused-ring (bicyclic) bond motifs is 2. The van der Waals surface area contributed by atoms with E-state index in [1.807, 2.05) is 0 Å². The molecule has 1 heteroatoms. The number of aliphatic hydroxyl groups is 1. The molecule has 17 heavy (non-hydrogen) atoms. The van der Waals surface area contributed by atoms with E-state index in [2.05, 4.69) is 6.92 Å². The summed E-state index contributed by atoms with van der Waals surface area (Å²) in [6, 6.07) is 0. The predicted octanol–water partition coefficient (Wildman–Crippen LogP) is 4.00. The van der Waals surface area contributed by atoms with Crippen LogP contribution in [0.3, 0.4) is 0 Å². The van der Waals surface area contributed by atoms with Gasteiger partial charge < -0.3 is 5.11 Å². The SMILES string of the molecule is CCC1CCC(O)C(CC2CC3CCC2C3)C1. The van der Waals surface area contributed by atoms with Gasteiger partial charge in [0.15, 0.2) is 0 Å². The molecule has 0 aliphatic heterocycles. The summed E-state index contributed by atoms with van der Waals surface area (Å²) in [4.78, 5) is 0. The Morgan fingerprint density at radius 3 is 2.47 bits per heavy atom. The van der Waals surface area contributed by atoms with Gasteiger partial charge in [-0.2, -0.15) is 0 Å². The molecule has 3 rings (SSSR count). The van der Waals surface area contributed by atoms with Crippen LogP contribution in [0.2, 0.25) is 0 Å². The first-order valence-electron chi connectivity index (χ1n) is 7.94. The Bertz CT molecular complexity index is 262. The minimum atomic E-state index is 0.0249. The Morgan fingerprint density at radius 2 is 1.82 bits per heavy atom. The van der Waals surface area contributed by atoms with Gasteiger partial charge in [0, 0.05) is 0 Å². The molecule has 6 atom stereocenters. The number of aliphatic hydroxyl groups excluding tert-OH is 1. The Morgan fingerprint density at radius 1 is 0.941 bits per heavy atom. The van der Waals surface area contributed by atoms with Crippen molar-refractivity contribution in [2.45, 2.75) is 70.8 Å². The van der Waals surface area contributed by atoms with Crippen molar-refractivity contribution in [3.63, 3.8) is 0 Å². The summed E-state index contributed by atoms with van der Waals surface area (Å²) in [5.41, 5.74) is 0. The Balaban J connectivity index is 1.56. The van der Waals surface area contributed by atoms with E-state index in [1.54, 1.807) is 0 Å². The van der Waals surface area contributed by atoms with Gasteiger partial charge >= 0.3 is 0 Å². The topological polar surface area (TPSA) is 20.2 Å². The highest BCUT2D eigenvalue weighted by Crippen LogP contribution is 2.51. The van der Waals surface area contributed by atoms with Crippen molar-refractivity contribution in [1.82, 2.24) is 0 Å². The molecule has 0 saturated heterocycles. The molecule has 0 amide bonds. The molecule has 0 heterocycles. The van der Waals surface area contributed by atoms with E-state index in [1.165, 1.54) is 51.4 Å². The van der Waals surface area contributed by atoms with Crippen molar-refractivity contribution < 1.29 is 5.11 Å². The average molecular weight is 236 g/mol. The fraction of sp³-hybridized carbons (Fsp3) is 1.00. The summed E-state index contributed by atoms with van der Waals surface area (Å²) in [5, 5.41) is 10.2. The van der Waals surface area contributed by atoms with Gasteiger partial charge in [-0.3, -0.25) is 0 Å². The summed E-state index contributed by atoms with van der Waals surface area (Å²) in [6.07, 6.45) is 12.4. The molecular formula is C16H28O. The molecule has 0 spiro atoms. The lowest BCUT2D eigenvalue weighted by molar-refractivity contribution is 0.0295. The zero-order valence-corrected chi connectivity index (χ0v) is 11.3. The largest absolute Gasteiger partial charge is 0.393 e. The molecular weight excluding hydrogens is 208 g/mol. The van der Waals surface area contributed by atoms with Gasteiger partial charge in [0.1, 0.15) is 0 Å². The number of hydrogen-bond donors (Lipinski definition) is 1. The van der Waals surface area contributed by atoms with Crippen LogP contribution in [0.15, 0.2) is 0 Å². The first-order chi connectivity index (χ1) is 8.26. The van der Waals surface area contributed by atoms with Crippen molar-refractivity contribution in [1.29, 1.82) is 0 Å². The molecule has 0 aromatic carbocycles. The molecule has 3 aliphatic carbocycles. The van der Waals surface area contributed by atoms with Crippen molar-refractivity contribution in [2.24, 2.45) is 29.6 Å². The third kappa shape index (κ3) is 2.41. The summed E-state index contributed by atoms with van der Waals surface area (Å²) in [5.74, 6) is 4.62. The Labute approximate surface area is 106 Å². The minimum absolute atomic E-state index is 0.0249. The fourth-order valence-corrected chi connectivity index (χ4v) is 5.02. The van der Waals surface area contributed by atoms with Crippen LogP contribution in [0, 0.1) is 29.6 Å². The zero-order valence-electron chi connectivity index (χ0n) is 11.3. The molecule has 0 radical (unpaired) electrons. The molecule has 6 unspecified atom stereocenters. The highest BCUT2D eigenvalue weighted by Gasteiger charge is 2.41. The lowest BCUT2D eigenvalue weighted by atomic mass is 9.72. The van der Waals surface area contributed by atoms with E-state index in [0.717, 1.165) is 30.1 Å². The second kappa shape index (κ2) is 4.91. The Kier molecular flexibility index (Phi) is 3.47. The second-order valence-corrected chi connectivity index (χ2v) is 7.09. The van der Waals surface area contributed by atoms with Crippen LogP contribution in [0.25, 0.3) is 0 Å². The van der Waals surface area contributed by atoms with E-state index in [-0.39, 0.29) is 6.10 Å². The van der Waals surface area contributed by atoms with Crippen LogP contribution >= 0.6 is 0 Å². The predicted molar refractivity (Wildman–Crippen MR) is 70.7 cm³/mol. The molecule has 3 saturated carbocycles. The van der Waals surface area contributed by atoms with Gasteiger partial charge in [-0.25, -0.2) is 0 Å². The standard InChI is InChI=1S/C16H28O/c1-2-11-4-6-16(17)15(7-11)10-14-9-12-3-5-13(14)8-12/h11-17H,2-10H2,1H3. The van der Waals surface area contributed by atoms with Crippen LogP contribution in [0.4, 0.5) is 0 Å². The van der Waals surface area contributed by atoms with Gasteiger partial charge in [-0.1, -0.05) is 19.8 Å². The number of hydrogen-bond acceptors (Lipinski definition) is 1. The van der Waals surface area contributed by atoms with Crippen LogP contribution in [0.5, 0.6) is 0 Å². The van der Waals surface area contributed by atoms with Gasteiger partial charge in [0.05, 0.1) is 6.10 Å². The molecule has 1 N–H and O–H groups in total. The van der Waals surface area contributed by atoms with E-state index in [9.17, 15) is 5.11 Å². The summed E-state index contributed by atoms with van der Waals surface area (Å²) in [6.45, 7) is 2.32. The van der Waals surface area contributed by atoms with Crippen LogP contribution in [-0.2, 0) is 0 Å². The highest BCUT2D eigenvalue weighted by atomic mass is 16.3. The molecule has 98 valence electrons. The lowest BCUT2D eigenvalue weighted by Gasteiger charge is -2.36. The van der Waals surface area contributed by atoms with Crippen molar-refractivity contribution in [2.75, 3.05) is 0 Å². The quantitative estimate of drug-likeness (QED) is 0.785. The maximum Gasteiger partial charge on any atom is 0.0568 e. The van der Waals surface area contributed by atoms with Gasteiger partial charge in [-0.15, -0.1) is 0 Å². The zero-order chi connectivity index (χ0) is 11.8. The molecule has 1 nitrogen and oxygen atoms in total. The molecule has 0 aromatic heterocycles. The van der Waals surface area contributed by atoms with Gasteiger partial charge in [-0.05, 0) is 74.5 Å². The van der Waals surface area contributed by atoms with Crippen molar-refractivity contribution >= 4 is 0 Å². The van der Waals surface area contributed by atoms with Crippen LogP contribution < -0.4 is 0 Å². The van der Waals surface area contributed by atoms with E-state index >= 15 is 0 Å². The molecule has 3 aliphatic rings. The van der Waals surface area contributed by atoms with Crippen molar-refractivity contribution in [3.05, 3.63) is 0 Å². The van der Waals surface area contributed by atoms with Crippen molar-refractivity contribution in [3.8, 4) is 0 Å². The maximum atomic E-state index is 10.2. The Hall–Kier alpha value is -0.0400. The lowest BCUT2D eigenvalue weighted by Crippen LogP contribution is -2.31. The molecule has 3 fully saturated rings. The fourth-order valence-electron chi connectivity index (χ4n) is 5.02. The third-order valence-corrected chi connectivity index (χ3v) is 6.12. The monoisotopic (exact) mass is 236 g/mol. The third-order valence-electron chi connectivity index (χ3n) is 6.12. The van der Waals surface area contributed by atoms with Gasteiger partial charge in [0.2, 0.25) is 0 Å². The normalized spacial score (nSPS) is 49.8. The first kappa shape index (κ1) is 12.0. The maximum absolute atomic E-state index is 10.2.